The highest BCUT2D eigenvalue weighted by Crippen LogP contribution is 2.19. The van der Waals surface area contributed by atoms with Crippen molar-refractivity contribution in [3.8, 4) is 0 Å². The number of piperidine rings is 1. The molecule has 4 heteroatoms. The maximum atomic E-state index is 12.2. The van der Waals surface area contributed by atoms with Crippen molar-refractivity contribution < 1.29 is 9.90 Å². The summed E-state index contributed by atoms with van der Waals surface area (Å²) in [6.07, 6.45) is 1.74. The molecule has 116 valence electrons. The molecule has 0 radical (unpaired) electrons. The average Bonchev–Trinajstić information content (AvgIpc) is 2.45. The first-order chi connectivity index (χ1) is 9.94. The van der Waals surface area contributed by atoms with E-state index in [1.165, 1.54) is 0 Å². The Kier molecular flexibility index (Phi) is 5.37. The lowest BCUT2D eigenvalue weighted by Gasteiger charge is -2.34. The summed E-state index contributed by atoms with van der Waals surface area (Å²) >= 11 is 0. The van der Waals surface area contributed by atoms with Gasteiger partial charge in [0.2, 0.25) is 5.91 Å². The van der Waals surface area contributed by atoms with E-state index in [-0.39, 0.29) is 11.8 Å². The van der Waals surface area contributed by atoms with Crippen molar-refractivity contribution in [1.29, 1.82) is 0 Å². The molecule has 1 aromatic carbocycles. The van der Waals surface area contributed by atoms with Gasteiger partial charge in [-0.05, 0) is 45.3 Å². The molecule has 0 saturated carbocycles. The Morgan fingerprint density at radius 3 is 2.48 bits per heavy atom. The van der Waals surface area contributed by atoms with Crippen LogP contribution in [0.2, 0.25) is 0 Å². The summed E-state index contributed by atoms with van der Waals surface area (Å²) in [7, 11) is 0. The molecular weight excluding hydrogens is 264 g/mol. The molecular formula is C17H26N2O2. The largest absolute Gasteiger partial charge is 0.389 e. The molecule has 2 N–H and O–H groups in total. The highest BCUT2D eigenvalue weighted by molar-refractivity contribution is 5.78. The Balaban J connectivity index is 1.73. The van der Waals surface area contributed by atoms with E-state index in [0.717, 1.165) is 31.5 Å². The Labute approximate surface area is 127 Å². The molecule has 1 saturated heterocycles. The SMILES string of the molecule is CC(C)(O)CN1CCC(C(=O)NCc2ccccc2)CC1. The number of likely N-dealkylation sites (tertiary alicyclic amines) is 1. The molecule has 21 heavy (non-hydrogen) atoms. The van der Waals surface area contributed by atoms with Gasteiger partial charge < -0.3 is 15.3 Å². The van der Waals surface area contributed by atoms with Gasteiger partial charge in [-0.1, -0.05) is 30.3 Å². The molecule has 4 nitrogen and oxygen atoms in total. The van der Waals surface area contributed by atoms with Gasteiger partial charge in [-0.2, -0.15) is 0 Å². The van der Waals surface area contributed by atoms with Gasteiger partial charge in [0.15, 0.2) is 0 Å². The number of hydrogen-bond acceptors (Lipinski definition) is 3. The van der Waals surface area contributed by atoms with Crippen LogP contribution in [0.3, 0.4) is 0 Å². The first kappa shape index (κ1) is 16.0. The standard InChI is InChI=1S/C17H26N2O2/c1-17(2,21)13-19-10-8-15(9-11-19)16(20)18-12-14-6-4-3-5-7-14/h3-7,15,21H,8-13H2,1-2H3,(H,18,20). The smallest absolute Gasteiger partial charge is 0.223 e. The zero-order valence-electron chi connectivity index (χ0n) is 13.0. The third-order valence-electron chi connectivity index (χ3n) is 3.88. The van der Waals surface area contributed by atoms with Gasteiger partial charge in [0.25, 0.3) is 0 Å². The van der Waals surface area contributed by atoms with E-state index in [9.17, 15) is 9.90 Å². The average molecular weight is 290 g/mol. The topological polar surface area (TPSA) is 52.6 Å². The molecule has 0 bridgehead atoms. The number of hydrogen-bond donors (Lipinski definition) is 2. The normalized spacial score (nSPS) is 17.7. The second-order valence-electron chi connectivity index (χ2n) is 6.57. The summed E-state index contributed by atoms with van der Waals surface area (Å²) in [6.45, 7) is 6.69. The van der Waals surface area contributed by atoms with Crippen LogP contribution >= 0.6 is 0 Å². The van der Waals surface area contributed by atoms with Crippen LogP contribution in [-0.2, 0) is 11.3 Å². The Hall–Kier alpha value is -1.39. The lowest BCUT2D eigenvalue weighted by molar-refractivity contribution is -0.126. The van der Waals surface area contributed by atoms with Gasteiger partial charge in [-0.15, -0.1) is 0 Å². The molecule has 1 aliphatic heterocycles. The van der Waals surface area contributed by atoms with E-state index in [2.05, 4.69) is 10.2 Å². The van der Waals surface area contributed by atoms with E-state index in [1.807, 2.05) is 44.2 Å². The van der Waals surface area contributed by atoms with Crippen molar-refractivity contribution in [3.05, 3.63) is 35.9 Å². The van der Waals surface area contributed by atoms with Crippen molar-refractivity contribution >= 4 is 5.91 Å². The highest BCUT2D eigenvalue weighted by Gasteiger charge is 2.27. The number of aliphatic hydroxyl groups is 1. The summed E-state index contributed by atoms with van der Waals surface area (Å²) in [5, 5.41) is 12.9. The molecule has 1 aliphatic rings. The first-order valence-electron chi connectivity index (χ1n) is 7.70. The molecule has 1 aromatic rings. The molecule has 1 fully saturated rings. The molecule has 0 aromatic heterocycles. The summed E-state index contributed by atoms with van der Waals surface area (Å²) in [6, 6.07) is 9.98. The minimum Gasteiger partial charge on any atom is -0.389 e. The van der Waals surface area contributed by atoms with E-state index in [4.69, 9.17) is 0 Å². The number of benzene rings is 1. The lowest BCUT2D eigenvalue weighted by Crippen LogP contribution is -2.45. The second kappa shape index (κ2) is 7.05. The maximum absolute atomic E-state index is 12.2. The minimum atomic E-state index is -0.664. The Bertz CT molecular complexity index is 446. The number of nitrogens with one attached hydrogen (secondary N) is 1. The maximum Gasteiger partial charge on any atom is 0.223 e. The number of carbonyl (C=O) groups is 1. The van der Waals surface area contributed by atoms with E-state index < -0.39 is 5.60 Å². The van der Waals surface area contributed by atoms with Gasteiger partial charge in [0.05, 0.1) is 5.60 Å². The Morgan fingerprint density at radius 1 is 1.29 bits per heavy atom. The van der Waals surface area contributed by atoms with E-state index in [1.54, 1.807) is 0 Å². The fourth-order valence-electron chi connectivity index (χ4n) is 2.83. The molecule has 0 spiro atoms. The van der Waals surface area contributed by atoms with Crippen LogP contribution in [0, 0.1) is 5.92 Å². The molecule has 0 aliphatic carbocycles. The lowest BCUT2D eigenvalue weighted by atomic mass is 9.95. The van der Waals surface area contributed by atoms with Crippen LogP contribution in [0.25, 0.3) is 0 Å². The minimum absolute atomic E-state index is 0.103. The highest BCUT2D eigenvalue weighted by atomic mass is 16.3. The fourth-order valence-corrected chi connectivity index (χ4v) is 2.83. The fraction of sp³-hybridized carbons (Fsp3) is 0.588. The van der Waals surface area contributed by atoms with Crippen molar-refractivity contribution in [1.82, 2.24) is 10.2 Å². The summed E-state index contributed by atoms with van der Waals surface area (Å²) in [4.78, 5) is 14.4. The second-order valence-corrected chi connectivity index (χ2v) is 6.57. The quantitative estimate of drug-likeness (QED) is 0.869. The van der Waals surface area contributed by atoms with Gasteiger partial charge in [-0.3, -0.25) is 4.79 Å². The van der Waals surface area contributed by atoms with Gasteiger partial charge >= 0.3 is 0 Å². The van der Waals surface area contributed by atoms with Crippen LogP contribution in [0.15, 0.2) is 30.3 Å². The number of β-amino-alcohol motifs (C(OH)–C–C–N with tert-alkyl or cyclic N) is 1. The van der Waals surface area contributed by atoms with Crippen LogP contribution < -0.4 is 5.32 Å². The van der Waals surface area contributed by atoms with E-state index >= 15 is 0 Å². The molecule has 2 rings (SSSR count). The van der Waals surface area contributed by atoms with Gasteiger partial charge in [0, 0.05) is 19.0 Å². The zero-order valence-corrected chi connectivity index (χ0v) is 13.0. The third-order valence-corrected chi connectivity index (χ3v) is 3.88. The van der Waals surface area contributed by atoms with Crippen LogP contribution in [-0.4, -0.2) is 41.1 Å². The van der Waals surface area contributed by atoms with Crippen LogP contribution in [0.1, 0.15) is 32.3 Å². The van der Waals surface area contributed by atoms with Crippen LogP contribution in [0.5, 0.6) is 0 Å². The van der Waals surface area contributed by atoms with Crippen molar-refractivity contribution in [2.24, 2.45) is 5.92 Å². The predicted octanol–water partition coefficient (Wildman–Crippen LogP) is 1.79. The molecule has 0 atom stereocenters. The molecule has 0 unspecified atom stereocenters. The van der Waals surface area contributed by atoms with E-state index in [0.29, 0.717) is 13.1 Å². The predicted molar refractivity (Wildman–Crippen MR) is 83.8 cm³/mol. The zero-order chi connectivity index (χ0) is 15.3. The number of carbonyl (C=O) groups excluding carboxylic acids is 1. The number of nitrogens with zero attached hydrogens (tertiary/aromatic N) is 1. The summed E-state index contributed by atoms with van der Waals surface area (Å²) < 4.78 is 0. The van der Waals surface area contributed by atoms with Gasteiger partial charge in [-0.25, -0.2) is 0 Å². The summed E-state index contributed by atoms with van der Waals surface area (Å²) in [5.41, 5.74) is 0.466. The van der Waals surface area contributed by atoms with Crippen molar-refractivity contribution in [3.63, 3.8) is 0 Å². The first-order valence-corrected chi connectivity index (χ1v) is 7.70. The number of amides is 1. The molecule has 1 heterocycles. The molecule has 1 amide bonds. The summed E-state index contributed by atoms with van der Waals surface area (Å²) in [5.74, 6) is 0.258. The van der Waals surface area contributed by atoms with Gasteiger partial charge in [0.1, 0.15) is 0 Å². The number of rotatable bonds is 5. The van der Waals surface area contributed by atoms with Crippen molar-refractivity contribution in [2.75, 3.05) is 19.6 Å². The van der Waals surface area contributed by atoms with Crippen molar-refractivity contribution in [2.45, 2.75) is 38.8 Å². The van der Waals surface area contributed by atoms with Crippen LogP contribution in [0.4, 0.5) is 0 Å². The monoisotopic (exact) mass is 290 g/mol. The Morgan fingerprint density at radius 2 is 1.90 bits per heavy atom. The third kappa shape index (κ3) is 5.48.